The van der Waals surface area contributed by atoms with Gasteiger partial charge >= 0.3 is 6.18 Å². The van der Waals surface area contributed by atoms with Crippen LogP contribution in [0.25, 0.3) is 0 Å². The molecular weight excluding hydrogens is 507 g/mol. The molecule has 0 bridgehead atoms. The summed E-state index contributed by atoms with van der Waals surface area (Å²) in [6.45, 7) is 5.74. The lowest BCUT2D eigenvalue weighted by atomic mass is 9.73. The molecule has 0 amide bonds. The van der Waals surface area contributed by atoms with E-state index in [1.165, 1.54) is 6.07 Å². The summed E-state index contributed by atoms with van der Waals surface area (Å²) in [6.07, 6.45) is -2.33. The average Bonchev–Trinajstić information content (AvgIpc) is 3.33. The minimum Gasteiger partial charge on any atom is -0.487 e. The zero-order valence-electron chi connectivity index (χ0n) is 21.5. The summed E-state index contributed by atoms with van der Waals surface area (Å²) in [5.41, 5.74) is 3.80. The molecule has 0 saturated carbocycles. The lowest BCUT2D eigenvalue weighted by Gasteiger charge is -2.51. The van der Waals surface area contributed by atoms with Crippen LogP contribution in [0.2, 0.25) is 0 Å². The van der Waals surface area contributed by atoms with Gasteiger partial charge in [-0.3, -0.25) is 4.90 Å². The standard InChI is InChI=1S/C26H35F5N6O/c1-24(2)12-15(10-17-4-3-9-37(17)24)25(32)22(28)14-34-23(36-25)35-16-5-6-20(18(11-16)26(29,30)31)38-21-7-8-33-13-19(21)27/h5-6,11,14-15,17,19,21,33H,3-4,7-10,12-13,32H2,1-2H3,(H2,34,35,36)/t15-,17+,19-,21-,25?/m1/s1. The summed E-state index contributed by atoms with van der Waals surface area (Å²) in [4.78, 5) is 6.91. The summed E-state index contributed by atoms with van der Waals surface area (Å²) < 4.78 is 76.5. The number of aliphatic imine (C=N–C) groups is 1. The van der Waals surface area contributed by atoms with E-state index in [9.17, 15) is 17.6 Å². The van der Waals surface area contributed by atoms with Gasteiger partial charge in [0, 0.05) is 35.9 Å². The zero-order chi connectivity index (χ0) is 27.3. The number of rotatable bonds is 4. The van der Waals surface area contributed by atoms with Crippen molar-refractivity contribution in [2.75, 3.05) is 25.0 Å². The highest BCUT2D eigenvalue weighted by Crippen LogP contribution is 2.46. The van der Waals surface area contributed by atoms with Crippen molar-refractivity contribution in [2.45, 2.75) is 81.6 Å². The van der Waals surface area contributed by atoms with E-state index < -0.39 is 41.3 Å². The maximum atomic E-state index is 15.2. The topological polar surface area (TPSA) is 86.9 Å². The molecule has 5 atom stereocenters. The molecule has 38 heavy (non-hydrogen) atoms. The van der Waals surface area contributed by atoms with Crippen LogP contribution in [0.3, 0.4) is 0 Å². The normalized spacial score (nSPS) is 33.6. The number of nitrogens with two attached hydrogens (primary N) is 1. The van der Waals surface area contributed by atoms with Gasteiger partial charge in [0.1, 0.15) is 18.0 Å². The molecule has 1 aromatic carbocycles. The Labute approximate surface area is 219 Å². The van der Waals surface area contributed by atoms with Gasteiger partial charge in [-0.2, -0.15) is 13.2 Å². The molecule has 0 aromatic heterocycles. The molecule has 0 radical (unpaired) electrons. The Kier molecular flexibility index (Phi) is 7.10. The van der Waals surface area contributed by atoms with E-state index in [0.717, 1.165) is 37.7 Å². The van der Waals surface area contributed by atoms with E-state index in [2.05, 4.69) is 39.7 Å². The van der Waals surface area contributed by atoms with E-state index in [1.54, 1.807) is 0 Å². The number of nitrogens with one attached hydrogen (secondary N) is 3. The lowest BCUT2D eigenvalue weighted by Crippen LogP contribution is -2.60. The number of guanidine groups is 1. The fraction of sp³-hybridized carbons (Fsp3) is 0.654. The number of piperidine rings is 2. The first-order chi connectivity index (χ1) is 17.9. The van der Waals surface area contributed by atoms with Gasteiger partial charge < -0.3 is 26.4 Å². The number of halogens is 5. The lowest BCUT2D eigenvalue weighted by molar-refractivity contribution is -0.139. The van der Waals surface area contributed by atoms with Crippen molar-refractivity contribution in [3.63, 3.8) is 0 Å². The quantitative estimate of drug-likeness (QED) is 0.425. The molecular formula is C26H35F5N6O. The van der Waals surface area contributed by atoms with Crippen LogP contribution in [0.4, 0.5) is 27.6 Å². The number of ether oxygens (including phenoxy) is 1. The van der Waals surface area contributed by atoms with Gasteiger partial charge in [0.15, 0.2) is 11.5 Å². The molecule has 5 rings (SSSR count). The Hall–Kier alpha value is -2.44. The number of anilines is 1. The van der Waals surface area contributed by atoms with Crippen LogP contribution in [0, 0.1) is 5.92 Å². The van der Waals surface area contributed by atoms with Gasteiger partial charge in [-0.1, -0.05) is 0 Å². The molecule has 0 aliphatic carbocycles. The molecule has 0 spiro atoms. The van der Waals surface area contributed by atoms with Crippen molar-refractivity contribution in [3.8, 4) is 5.75 Å². The maximum absolute atomic E-state index is 15.2. The molecule has 5 N–H and O–H groups in total. The Morgan fingerprint density at radius 2 is 2.03 bits per heavy atom. The highest BCUT2D eigenvalue weighted by atomic mass is 19.4. The van der Waals surface area contributed by atoms with Crippen LogP contribution < -0.4 is 26.4 Å². The van der Waals surface area contributed by atoms with Gasteiger partial charge in [-0.25, -0.2) is 13.8 Å². The third-order valence-electron chi connectivity index (χ3n) is 8.27. The van der Waals surface area contributed by atoms with Crippen molar-refractivity contribution in [1.29, 1.82) is 0 Å². The third-order valence-corrected chi connectivity index (χ3v) is 8.27. The fourth-order valence-corrected chi connectivity index (χ4v) is 6.37. The molecule has 210 valence electrons. The average molecular weight is 543 g/mol. The van der Waals surface area contributed by atoms with Crippen LogP contribution in [0.5, 0.6) is 5.75 Å². The van der Waals surface area contributed by atoms with Crippen LogP contribution in [-0.2, 0) is 6.18 Å². The Bertz CT molecular complexity index is 1110. The van der Waals surface area contributed by atoms with Crippen molar-refractivity contribution in [2.24, 2.45) is 16.6 Å². The maximum Gasteiger partial charge on any atom is 0.420 e. The molecule has 3 fully saturated rings. The second kappa shape index (κ2) is 9.95. The number of hydrogen-bond donors (Lipinski definition) is 4. The second-order valence-corrected chi connectivity index (χ2v) is 11.4. The predicted octanol–water partition coefficient (Wildman–Crippen LogP) is 4.27. The van der Waals surface area contributed by atoms with Crippen molar-refractivity contribution in [3.05, 3.63) is 35.8 Å². The van der Waals surface area contributed by atoms with Gasteiger partial charge in [-0.05, 0) is 77.2 Å². The number of fused-ring (bicyclic) bond motifs is 1. The highest BCUT2D eigenvalue weighted by molar-refractivity contribution is 5.95. The highest BCUT2D eigenvalue weighted by Gasteiger charge is 2.51. The van der Waals surface area contributed by atoms with Gasteiger partial charge in [0.2, 0.25) is 5.96 Å². The first-order valence-corrected chi connectivity index (χ1v) is 13.1. The SMILES string of the molecule is CC1(C)C[C@H](C2(N)N=C(Nc3ccc(O[C@@H]4CCNC[C@H]4F)c(C(F)(F)F)c3)NC=C2F)C[C@@H]2CCCN21. The van der Waals surface area contributed by atoms with Crippen LogP contribution in [0.15, 0.2) is 35.2 Å². The third kappa shape index (κ3) is 5.22. The first kappa shape index (κ1) is 27.1. The van der Waals surface area contributed by atoms with E-state index in [1.807, 2.05) is 0 Å². The van der Waals surface area contributed by atoms with E-state index in [0.29, 0.717) is 25.4 Å². The van der Waals surface area contributed by atoms with Gasteiger partial charge in [0.25, 0.3) is 0 Å². The number of nitrogens with zero attached hydrogens (tertiary/aromatic N) is 2. The minimum absolute atomic E-state index is 0.0268. The van der Waals surface area contributed by atoms with Crippen molar-refractivity contribution >= 4 is 11.6 Å². The Morgan fingerprint density at radius 1 is 1.24 bits per heavy atom. The summed E-state index contributed by atoms with van der Waals surface area (Å²) in [6, 6.07) is 3.72. The van der Waals surface area contributed by atoms with Crippen LogP contribution in [-0.4, -0.2) is 60.0 Å². The van der Waals surface area contributed by atoms with Gasteiger partial charge in [-0.15, -0.1) is 0 Å². The zero-order valence-corrected chi connectivity index (χ0v) is 21.5. The smallest absolute Gasteiger partial charge is 0.420 e. The van der Waals surface area contributed by atoms with Crippen LogP contribution >= 0.6 is 0 Å². The molecule has 1 unspecified atom stereocenters. The summed E-state index contributed by atoms with van der Waals surface area (Å²) in [7, 11) is 0. The molecule has 3 saturated heterocycles. The predicted molar refractivity (Wildman–Crippen MR) is 135 cm³/mol. The first-order valence-electron chi connectivity index (χ1n) is 13.1. The summed E-state index contributed by atoms with van der Waals surface area (Å²) >= 11 is 0. The Morgan fingerprint density at radius 3 is 2.76 bits per heavy atom. The van der Waals surface area contributed by atoms with Crippen molar-refractivity contribution in [1.82, 2.24) is 15.5 Å². The van der Waals surface area contributed by atoms with Crippen molar-refractivity contribution < 1.29 is 26.7 Å². The van der Waals surface area contributed by atoms with E-state index >= 15 is 4.39 Å². The van der Waals surface area contributed by atoms with E-state index in [4.69, 9.17) is 10.5 Å². The summed E-state index contributed by atoms with van der Waals surface area (Å²) in [5, 5.41) is 8.32. The minimum atomic E-state index is -4.74. The molecule has 4 aliphatic rings. The molecule has 4 heterocycles. The van der Waals surface area contributed by atoms with E-state index in [-0.39, 0.29) is 36.1 Å². The summed E-state index contributed by atoms with van der Waals surface area (Å²) in [5.74, 6) is -1.30. The monoisotopic (exact) mass is 542 g/mol. The largest absolute Gasteiger partial charge is 0.487 e. The molecule has 1 aromatic rings. The molecule has 12 heteroatoms. The molecule has 7 nitrogen and oxygen atoms in total. The second-order valence-electron chi connectivity index (χ2n) is 11.4. The Balaban J connectivity index is 1.38. The van der Waals surface area contributed by atoms with Crippen LogP contribution in [0.1, 0.15) is 51.5 Å². The number of benzene rings is 1. The number of alkyl halides is 4. The van der Waals surface area contributed by atoms with Gasteiger partial charge in [0.05, 0.1) is 5.56 Å². The fourth-order valence-electron chi connectivity index (χ4n) is 6.37. The molecule has 4 aliphatic heterocycles. The number of hydrogen-bond acceptors (Lipinski definition) is 7.